The Hall–Kier alpha value is -2.26. The van der Waals surface area contributed by atoms with E-state index in [4.69, 9.17) is 11.6 Å². The molecule has 0 N–H and O–H groups in total. The van der Waals surface area contributed by atoms with Gasteiger partial charge in [0.25, 0.3) is 0 Å². The highest BCUT2D eigenvalue weighted by Crippen LogP contribution is 2.30. The van der Waals surface area contributed by atoms with Gasteiger partial charge in [-0.05, 0) is 55.9 Å². The first-order valence-corrected chi connectivity index (χ1v) is 12.9. The van der Waals surface area contributed by atoms with Crippen molar-refractivity contribution < 1.29 is 17.6 Å². The fourth-order valence-corrected chi connectivity index (χ4v) is 5.36. The molecule has 0 spiro atoms. The first kappa shape index (κ1) is 22.9. The van der Waals surface area contributed by atoms with E-state index in [2.05, 4.69) is 9.97 Å². The summed E-state index contributed by atoms with van der Waals surface area (Å²) in [5.74, 6) is -0.128. The van der Waals surface area contributed by atoms with Crippen LogP contribution in [0.5, 0.6) is 0 Å². The first-order valence-electron chi connectivity index (χ1n) is 10.7. The highest BCUT2D eigenvalue weighted by Gasteiger charge is 2.37. The van der Waals surface area contributed by atoms with Crippen molar-refractivity contribution in [2.75, 3.05) is 30.8 Å². The van der Waals surface area contributed by atoms with Gasteiger partial charge < -0.3 is 9.80 Å². The highest BCUT2D eigenvalue weighted by atomic mass is 35.5. The van der Waals surface area contributed by atoms with Crippen LogP contribution in [-0.4, -0.2) is 61.1 Å². The monoisotopic (exact) mass is 480 g/mol. The largest absolute Gasteiger partial charge is 0.354 e. The molecule has 2 fully saturated rings. The van der Waals surface area contributed by atoms with Crippen LogP contribution < -0.4 is 4.90 Å². The fourth-order valence-electron chi connectivity index (χ4n) is 4.58. The molecule has 2 saturated heterocycles. The molecule has 2 aliphatic heterocycles. The van der Waals surface area contributed by atoms with E-state index in [9.17, 15) is 17.6 Å². The van der Waals surface area contributed by atoms with Gasteiger partial charge in [-0.2, -0.15) is 0 Å². The molecule has 0 aliphatic carbocycles. The van der Waals surface area contributed by atoms with Gasteiger partial charge in [0.2, 0.25) is 5.91 Å². The predicted molar refractivity (Wildman–Crippen MR) is 120 cm³/mol. The van der Waals surface area contributed by atoms with Crippen molar-refractivity contribution in [3.8, 4) is 0 Å². The zero-order chi connectivity index (χ0) is 23.0. The number of carbonyl (C=O) groups excluding carboxylic acids is 1. The average molecular weight is 481 g/mol. The van der Waals surface area contributed by atoms with E-state index in [1.807, 2.05) is 16.7 Å². The van der Waals surface area contributed by atoms with Gasteiger partial charge in [-0.15, -0.1) is 0 Å². The molecule has 0 unspecified atom stereocenters. The second-order valence-corrected chi connectivity index (χ2v) is 11.0. The van der Waals surface area contributed by atoms with E-state index in [0.29, 0.717) is 31.9 Å². The number of anilines is 1. The van der Waals surface area contributed by atoms with Crippen LogP contribution in [-0.2, 0) is 21.1 Å². The van der Waals surface area contributed by atoms with Crippen LogP contribution in [0.25, 0.3) is 0 Å². The Balaban J connectivity index is 1.37. The third-order valence-electron chi connectivity index (χ3n) is 6.38. The van der Waals surface area contributed by atoms with Gasteiger partial charge in [0.05, 0.1) is 5.02 Å². The number of sulfone groups is 1. The van der Waals surface area contributed by atoms with Gasteiger partial charge in [0.15, 0.2) is 26.5 Å². The lowest BCUT2D eigenvalue weighted by Crippen LogP contribution is -2.46. The fraction of sp³-hybridized carbons (Fsp3) is 0.500. The molecule has 7 nitrogen and oxygen atoms in total. The number of halogens is 2. The number of piperidine rings is 1. The second kappa shape index (κ2) is 8.94. The number of hydrogen-bond donors (Lipinski definition) is 0. The first-order chi connectivity index (χ1) is 15.1. The Morgan fingerprint density at radius 1 is 1.12 bits per heavy atom. The molecule has 10 heteroatoms. The maximum Gasteiger partial charge on any atom is 0.226 e. The molecule has 0 bridgehead atoms. The van der Waals surface area contributed by atoms with Crippen LogP contribution in [0.2, 0.25) is 5.02 Å². The number of nitrogens with zero attached hydrogens (tertiary/aromatic N) is 4. The van der Waals surface area contributed by atoms with Crippen molar-refractivity contribution in [2.24, 2.45) is 5.92 Å². The van der Waals surface area contributed by atoms with Crippen molar-refractivity contribution in [3.05, 3.63) is 46.5 Å². The van der Waals surface area contributed by atoms with Crippen LogP contribution in [0, 0.1) is 18.7 Å². The number of aromatic nitrogens is 2. The molecule has 2 aliphatic rings. The Morgan fingerprint density at radius 2 is 1.84 bits per heavy atom. The Bertz CT molecular complexity index is 1140. The van der Waals surface area contributed by atoms with Crippen molar-refractivity contribution in [1.29, 1.82) is 0 Å². The normalized spacial score (nSPS) is 20.2. The Labute approximate surface area is 192 Å². The lowest BCUT2D eigenvalue weighted by Gasteiger charge is -2.37. The minimum absolute atomic E-state index is 0.0523. The number of aryl methyl sites for hydroxylation is 1. The van der Waals surface area contributed by atoms with E-state index in [1.165, 1.54) is 12.3 Å². The van der Waals surface area contributed by atoms with E-state index in [-0.39, 0.29) is 27.9 Å². The topological polar surface area (TPSA) is 83.5 Å². The molecule has 0 radical (unpaired) electrons. The van der Waals surface area contributed by atoms with E-state index < -0.39 is 15.7 Å². The summed E-state index contributed by atoms with van der Waals surface area (Å²) in [6.07, 6.45) is 6.98. The van der Waals surface area contributed by atoms with Gasteiger partial charge in [-0.3, -0.25) is 4.79 Å². The second-order valence-electron chi connectivity index (χ2n) is 8.62. The van der Waals surface area contributed by atoms with E-state index in [1.54, 1.807) is 12.3 Å². The van der Waals surface area contributed by atoms with Crippen molar-refractivity contribution in [3.63, 3.8) is 0 Å². The molecule has 0 saturated carbocycles. The molecular formula is C22H26ClFN4O3S. The standard InChI is InChI=1S/C22H26ClFN4O3S/c1-14-9-20(32(2,30)31)25-12-16(14)10-15-3-8-28(22(15)29)18-4-6-27(7-5-18)21-19(24)11-17(23)13-26-21/h9,11-13,15,18H,3-8,10H2,1-2H3/t15-/m1/s1. The van der Waals surface area contributed by atoms with Crippen LogP contribution in [0.1, 0.15) is 30.4 Å². The highest BCUT2D eigenvalue weighted by molar-refractivity contribution is 7.90. The summed E-state index contributed by atoms with van der Waals surface area (Å²) in [6.45, 7) is 3.81. The molecule has 2 aromatic rings. The zero-order valence-electron chi connectivity index (χ0n) is 18.1. The summed E-state index contributed by atoms with van der Waals surface area (Å²) in [7, 11) is -3.36. The van der Waals surface area contributed by atoms with Crippen molar-refractivity contribution >= 4 is 33.2 Å². The van der Waals surface area contributed by atoms with Crippen LogP contribution in [0.3, 0.4) is 0 Å². The van der Waals surface area contributed by atoms with Crippen LogP contribution in [0.15, 0.2) is 29.6 Å². The molecule has 0 aromatic carbocycles. The quantitative estimate of drug-likeness (QED) is 0.654. The smallest absolute Gasteiger partial charge is 0.226 e. The minimum atomic E-state index is -3.36. The summed E-state index contributed by atoms with van der Waals surface area (Å²) in [4.78, 5) is 25.2. The van der Waals surface area contributed by atoms with E-state index >= 15 is 0 Å². The number of rotatable bonds is 5. The molecule has 4 rings (SSSR count). The maximum absolute atomic E-state index is 14.2. The zero-order valence-corrected chi connectivity index (χ0v) is 19.7. The van der Waals surface area contributed by atoms with Crippen molar-refractivity contribution in [2.45, 2.75) is 43.7 Å². The number of likely N-dealkylation sites (tertiary alicyclic amines) is 1. The van der Waals surface area contributed by atoms with Crippen LogP contribution >= 0.6 is 11.6 Å². The Morgan fingerprint density at radius 3 is 2.47 bits per heavy atom. The lowest BCUT2D eigenvalue weighted by atomic mass is 9.96. The average Bonchev–Trinajstić information content (AvgIpc) is 3.09. The third-order valence-corrected chi connectivity index (χ3v) is 7.57. The van der Waals surface area contributed by atoms with Gasteiger partial charge in [0, 0.05) is 50.2 Å². The molecule has 172 valence electrons. The van der Waals surface area contributed by atoms with Gasteiger partial charge in [-0.1, -0.05) is 11.6 Å². The summed E-state index contributed by atoms with van der Waals surface area (Å²) >= 11 is 5.79. The van der Waals surface area contributed by atoms with Crippen molar-refractivity contribution in [1.82, 2.24) is 14.9 Å². The summed E-state index contributed by atoms with van der Waals surface area (Å²) in [6, 6.07) is 2.97. The van der Waals surface area contributed by atoms with Gasteiger partial charge >= 0.3 is 0 Å². The molecule has 1 atom stereocenters. The van der Waals surface area contributed by atoms with Crippen LogP contribution in [0.4, 0.5) is 10.2 Å². The maximum atomic E-state index is 14.2. The van der Waals surface area contributed by atoms with Gasteiger partial charge in [-0.25, -0.2) is 22.8 Å². The molecule has 4 heterocycles. The van der Waals surface area contributed by atoms with Gasteiger partial charge in [0.1, 0.15) is 0 Å². The molecule has 32 heavy (non-hydrogen) atoms. The number of pyridine rings is 2. The molecule has 1 amide bonds. The molecule has 2 aromatic heterocycles. The number of hydrogen-bond acceptors (Lipinski definition) is 6. The minimum Gasteiger partial charge on any atom is -0.354 e. The SMILES string of the molecule is Cc1cc(S(C)(=O)=O)ncc1C[C@H]1CCN(C2CCN(c3ncc(Cl)cc3F)CC2)C1=O. The summed E-state index contributed by atoms with van der Waals surface area (Å²) in [5.41, 5.74) is 1.73. The third kappa shape index (κ3) is 4.73. The summed E-state index contributed by atoms with van der Waals surface area (Å²) < 4.78 is 37.6. The number of amides is 1. The molecular weight excluding hydrogens is 455 g/mol. The van der Waals surface area contributed by atoms with E-state index in [0.717, 1.165) is 36.6 Å². The lowest BCUT2D eigenvalue weighted by molar-refractivity contribution is -0.133. The summed E-state index contributed by atoms with van der Waals surface area (Å²) in [5, 5.41) is 0.322. The number of carbonyl (C=O) groups is 1. The predicted octanol–water partition coefficient (Wildman–Crippen LogP) is 3.04. The Kier molecular flexibility index (Phi) is 6.40.